The standard InChI is InChI=1S/C20H21ClF3N3O/c1-13(14-5-3-2-4-6-14)26-19(28)15-7-9-27(10-8-15)18-17(21)11-16(12-25-18)20(22,23)24/h2-6,11-13,15H,7-10H2,1H3,(H,26,28). The molecule has 3 rings (SSSR count). The number of nitrogens with zero attached hydrogens (tertiary/aromatic N) is 2. The van der Waals surface area contributed by atoms with Crippen LogP contribution in [-0.2, 0) is 11.0 Å². The third-order valence-electron chi connectivity index (χ3n) is 4.97. The van der Waals surface area contributed by atoms with E-state index in [0.717, 1.165) is 17.8 Å². The molecule has 1 atom stereocenters. The smallest absolute Gasteiger partial charge is 0.355 e. The van der Waals surface area contributed by atoms with Gasteiger partial charge in [-0.1, -0.05) is 41.9 Å². The highest BCUT2D eigenvalue weighted by atomic mass is 35.5. The van der Waals surface area contributed by atoms with E-state index >= 15 is 0 Å². The van der Waals surface area contributed by atoms with E-state index in [1.54, 1.807) is 0 Å². The number of rotatable bonds is 4. The lowest BCUT2D eigenvalue weighted by molar-refractivity contribution is -0.137. The first-order valence-corrected chi connectivity index (χ1v) is 9.46. The fraction of sp³-hybridized carbons (Fsp3) is 0.400. The van der Waals surface area contributed by atoms with Crippen LogP contribution in [0.4, 0.5) is 19.0 Å². The molecule has 1 unspecified atom stereocenters. The van der Waals surface area contributed by atoms with Crippen LogP contribution in [0.15, 0.2) is 42.6 Å². The molecule has 1 aliphatic heterocycles. The Kier molecular flexibility index (Phi) is 6.13. The van der Waals surface area contributed by atoms with Crippen LogP contribution in [0.3, 0.4) is 0 Å². The van der Waals surface area contributed by atoms with E-state index in [2.05, 4.69) is 10.3 Å². The van der Waals surface area contributed by atoms with Gasteiger partial charge in [0.1, 0.15) is 5.82 Å². The summed E-state index contributed by atoms with van der Waals surface area (Å²) in [5.41, 5.74) is 0.166. The van der Waals surface area contributed by atoms with Crippen molar-refractivity contribution in [3.8, 4) is 0 Å². The summed E-state index contributed by atoms with van der Waals surface area (Å²) in [4.78, 5) is 18.3. The van der Waals surface area contributed by atoms with Crippen molar-refractivity contribution in [2.24, 2.45) is 5.92 Å². The second-order valence-corrected chi connectivity index (χ2v) is 7.34. The summed E-state index contributed by atoms with van der Waals surface area (Å²) in [6, 6.07) is 10.5. The van der Waals surface area contributed by atoms with Gasteiger partial charge in [-0.3, -0.25) is 4.79 Å². The first kappa shape index (κ1) is 20.5. The molecule has 0 bridgehead atoms. The topological polar surface area (TPSA) is 45.2 Å². The molecule has 0 radical (unpaired) electrons. The summed E-state index contributed by atoms with van der Waals surface area (Å²) in [7, 11) is 0. The minimum atomic E-state index is -4.48. The number of amides is 1. The number of halogens is 4. The van der Waals surface area contributed by atoms with E-state index in [4.69, 9.17) is 11.6 Å². The fourth-order valence-corrected chi connectivity index (χ4v) is 3.61. The number of anilines is 1. The average Bonchev–Trinajstić information content (AvgIpc) is 2.68. The molecule has 8 heteroatoms. The normalized spacial score (nSPS) is 16.7. The molecule has 28 heavy (non-hydrogen) atoms. The maximum absolute atomic E-state index is 12.8. The Morgan fingerprint density at radius 2 is 1.89 bits per heavy atom. The van der Waals surface area contributed by atoms with Crippen LogP contribution in [0.1, 0.15) is 36.9 Å². The predicted octanol–water partition coefficient (Wildman–Crippen LogP) is 4.85. The Morgan fingerprint density at radius 1 is 1.25 bits per heavy atom. The average molecular weight is 412 g/mol. The zero-order chi connectivity index (χ0) is 20.3. The van der Waals surface area contributed by atoms with Gasteiger partial charge in [-0.05, 0) is 31.4 Å². The summed E-state index contributed by atoms with van der Waals surface area (Å²) in [5, 5.41) is 3.00. The number of carbonyl (C=O) groups is 1. The molecule has 0 saturated carbocycles. The second kappa shape index (κ2) is 8.39. The van der Waals surface area contributed by atoms with Crippen molar-refractivity contribution in [1.82, 2.24) is 10.3 Å². The number of alkyl halides is 3. The number of hydrogen-bond donors (Lipinski definition) is 1. The highest BCUT2D eigenvalue weighted by molar-refractivity contribution is 6.33. The van der Waals surface area contributed by atoms with Crippen LogP contribution in [0.2, 0.25) is 5.02 Å². The lowest BCUT2D eigenvalue weighted by Gasteiger charge is -2.33. The number of pyridine rings is 1. The molecule has 4 nitrogen and oxygen atoms in total. The molecule has 1 N–H and O–H groups in total. The van der Waals surface area contributed by atoms with Gasteiger partial charge in [-0.15, -0.1) is 0 Å². The largest absolute Gasteiger partial charge is 0.417 e. The molecule has 0 spiro atoms. The van der Waals surface area contributed by atoms with E-state index in [1.165, 1.54) is 0 Å². The molecule has 1 aromatic heterocycles. The number of aromatic nitrogens is 1. The summed E-state index contributed by atoms with van der Waals surface area (Å²) >= 11 is 6.02. The zero-order valence-electron chi connectivity index (χ0n) is 15.3. The SMILES string of the molecule is CC(NC(=O)C1CCN(c2ncc(C(F)(F)F)cc2Cl)CC1)c1ccccc1. The minimum absolute atomic E-state index is 0.0116. The first-order chi connectivity index (χ1) is 13.3. The van der Waals surface area contributed by atoms with E-state index in [9.17, 15) is 18.0 Å². The lowest BCUT2D eigenvalue weighted by Crippen LogP contribution is -2.41. The molecule has 2 aromatic rings. The maximum atomic E-state index is 12.8. The summed E-state index contributed by atoms with van der Waals surface area (Å²) < 4.78 is 38.3. The Bertz CT molecular complexity index is 821. The number of piperidine rings is 1. The second-order valence-electron chi connectivity index (χ2n) is 6.93. The van der Waals surface area contributed by atoms with Gasteiger partial charge in [0.2, 0.25) is 5.91 Å². The monoisotopic (exact) mass is 411 g/mol. The van der Waals surface area contributed by atoms with Gasteiger partial charge in [0, 0.05) is 25.2 Å². The van der Waals surface area contributed by atoms with Gasteiger partial charge in [0.05, 0.1) is 16.6 Å². The Morgan fingerprint density at radius 3 is 2.46 bits per heavy atom. The van der Waals surface area contributed by atoms with Crippen molar-refractivity contribution in [3.63, 3.8) is 0 Å². The first-order valence-electron chi connectivity index (χ1n) is 9.08. The third-order valence-corrected chi connectivity index (χ3v) is 5.25. The van der Waals surface area contributed by atoms with E-state index in [-0.39, 0.29) is 22.9 Å². The van der Waals surface area contributed by atoms with E-state index < -0.39 is 11.7 Å². The molecule has 1 fully saturated rings. The molecule has 1 saturated heterocycles. The number of nitrogens with one attached hydrogen (secondary N) is 1. The Labute approximate surface area is 166 Å². The Balaban J connectivity index is 1.58. The maximum Gasteiger partial charge on any atom is 0.417 e. The van der Waals surface area contributed by atoms with Crippen LogP contribution in [0.25, 0.3) is 0 Å². The molecule has 2 heterocycles. The van der Waals surface area contributed by atoms with Crippen molar-refractivity contribution in [2.75, 3.05) is 18.0 Å². The van der Waals surface area contributed by atoms with Gasteiger partial charge in [-0.2, -0.15) is 13.2 Å². The van der Waals surface area contributed by atoms with Gasteiger partial charge in [0.15, 0.2) is 0 Å². The number of carbonyl (C=O) groups excluding carboxylic acids is 1. The number of hydrogen-bond acceptors (Lipinski definition) is 3. The van der Waals surface area contributed by atoms with Crippen LogP contribution in [0.5, 0.6) is 0 Å². The lowest BCUT2D eigenvalue weighted by atomic mass is 9.95. The van der Waals surface area contributed by atoms with Crippen molar-refractivity contribution >= 4 is 23.3 Å². The van der Waals surface area contributed by atoms with Crippen molar-refractivity contribution in [3.05, 3.63) is 58.7 Å². The van der Waals surface area contributed by atoms with Gasteiger partial charge in [-0.25, -0.2) is 4.98 Å². The molecular weight excluding hydrogens is 391 g/mol. The minimum Gasteiger partial charge on any atom is -0.355 e. The fourth-order valence-electron chi connectivity index (χ4n) is 3.33. The van der Waals surface area contributed by atoms with E-state index in [1.807, 2.05) is 42.2 Å². The molecule has 1 amide bonds. The molecule has 1 aromatic carbocycles. The highest BCUT2D eigenvalue weighted by Crippen LogP contribution is 2.34. The zero-order valence-corrected chi connectivity index (χ0v) is 16.1. The summed E-state index contributed by atoms with van der Waals surface area (Å²) in [6.07, 6.45) is -2.50. The third kappa shape index (κ3) is 4.76. The van der Waals surface area contributed by atoms with E-state index in [0.29, 0.717) is 31.7 Å². The van der Waals surface area contributed by atoms with Crippen molar-refractivity contribution in [2.45, 2.75) is 32.0 Å². The quantitative estimate of drug-likeness (QED) is 0.782. The summed E-state index contributed by atoms with van der Waals surface area (Å²) in [5.74, 6) is 0.171. The van der Waals surface area contributed by atoms with Crippen LogP contribution in [0, 0.1) is 5.92 Å². The molecule has 0 aliphatic carbocycles. The van der Waals surface area contributed by atoms with Crippen LogP contribution in [-0.4, -0.2) is 24.0 Å². The molecule has 150 valence electrons. The predicted molar refractivity (Wildman–Crippen MR) is 102 cm³/mol. The van der Waals surface area contributed by atoms with Gasteiger partial charge < -0.3 is 10.2 Å². The van der Waals surface area contributed by atoms with Crippen molar-refractivity contribution in [1.29, 1.82) is 0 Å². The summed E-state index contributed by atoms with van der Waals surface area (Å²) in [6.45, 7) is 2.96. The van der Waals surface area contributed by atoms with Crippen LogP contribution < -0.4 is 10.2 Å². The van der Waals surface area contributed by atoms with Crippen molar-refractivity contribution < 1.29 is 18.0 Å². The van der Waals surface area contributed by atoms with Gasteiger partial charge >= 0.3 is 6.18 Å². The molecular formula is C20H21ClF3N3O. The molecule has 1 aliphatic rings. The van der Waals surface area contributed by atoms with Gasteiger partial charge in [0.25, 0.3) is 0 Å². The Hall–Kier alpha value is -2.28. The number of benzene rings is 1. The van der Waals surface area contributed by atoms with Crippen LogP contribution >= 0.6 is 11.6 Å². The highest BCUT2D eigenvalue weighted by Gasteiger charge is 2.33.